The molecule has 0 bridgehead atoms. The number of amides is 1. The van der Waals surface area contributed by atoms with Crippen molar-refractivity contribution in [3.05, 3.63) is 66.0 Å². The summed E-state index contributed by atoms with van der Waals surface area (Å²) in [6, 6.07) is 15.5. The van der Waals surface area contributed by atoms with E-state index in [1.54, 1.807) is 12.3 Å². The van der Waals surface area contributed by atoms with E-state index in [0.717, 1.165) is 16.6 Å². The number of fused-ring (bicyclic) bond motifs is 1. The third-order valence-corrected chi connectivity index (χ3v) is 3.09. The van der Waals surface area contributed by atoms with Gasteiger partial charge in [-0.15, -0.1) is 0 Å². The second kappa shape index (κ2) is 4.57. The van der Waals surface area contributed by atoms with Crippen LogP contribution in [0.5, 0.6) is 0 Å². The summed E-state index contributed by atoms with van der Waals surface area (Å²) in [7, 11) is 0. The van der Waals surface area contributed by atoms with E-state index in [4.69, 9.17) is 5.73 Å². The molecule has 3 rings (SSSR count). The summed E-state index contributed by atoms with van der Waals surface area (Å²) in [6.45, 7) is 0.583. The Morgan fingerprint density at radius 2 is 1.95 bits per heavy atom. The van der Waals surface area contributed by atoms with Crippen LogP contribution in [-0.4, -0.2) is 15.5 Å². The minimum atomic E-state index is -0.436. The number of benzene rings is 1. The number of hydrogen-bond donors (Lipinski definition) is 1. The van der Waals surface area contributed by atoms with Gasteiger partial charge < -0.3 is 10.3 Å². The number of pyridine rings is 1. The third-order valence-electron chi connectivity index (χ3n) is 3.09. The van der Waals surface area contributed by atoms with Crippen molar-refractivity contribution in [3.63, 3.8) is 0 Å². The van der Waals surface area contributed by atoms with Crippen molar-refractivity contribution >= 4 is 16.9 Å². The summed E-state index contributed by atoms with van der Waals surface area (Å²) in [5.74, 6) is -0.436. The van der Waals surface area contributed by atoms with E-state index >= 15 is 0 Å². The summed E-state index contributed by atoms with van der Waals surface area (Å²) in [6.07, 6.45) is 1.72. The van der Waals surface area contributed by atoms with E-state index in [-0.39, 0.29) is 0 Å². The van der Waals surface area contributed by atoms with Crippen molar-refractivity contribution in [2.24, 2.45) is 5.73 Å². The Morgan fingerprint density at radius 3 is 2.68 bits per heavy atom. The van der Waals surface area contributed by atoms with E-state index in [0.29, 0.717) is 12.2 Å². The molecule has 0 aliphatic heterocycles. The molecule has 0 unspecified atom stereocenters. The highest BCUT2D eigenvalue weighted by atomic mass is 16.1. The van der Waals surface area contributed by atoms with Crippen molar-refractivity contribution < 1.29 is 4.79 Å². The Bertz CT molecular complexity index is 731. The molecule has 4 heteroatoms. The second-order valence-corrected chi connectivity index (χ2v) is 4.38. The summed E-state index contributed by atoms with van der Waals surface area (Å²) in [5, 5.41) is 0.923. The number of carbonyl (C=O) groups excluding carboxylic acids is 1. The smallest absolute Gasteiger partial charge is 0.265 e. The van der Waals surface area contributed by atoms with Crippen LogP contribution in [0, 0.1) is 0 Å². The van der Waals surface area contributed by atoms with Gasteiger partial charge in [-0.1, -0.05) is 30.3 Å². The maximum atomic E-state index is 11.6. The lowest BCUT2D eigenvalue weighted by Crippen LogP contribution is -2.17. The van der Waals surface area contributed by atoms with Gasteiger partial charge in [-0.3, -0.25) is 4.79 Å². The fraction of sp³-hybridized carbons (Fsp3) is 0.0667. The second-order valence-electron chi connectivity index (χ2n) is 4.38. The van der Waals surface area contributed by atoms with Crippen LogP contribution in [0.3, 0.4) is 0 Å². The first-order chi connectivity index (χ1) is 9.25. The van der Waals surface area contributed by atoms with Crippen molar-refractivity contribution in [1.29, 1.82) is 0 Å². The lowest BCUT2D eigenvalue weighted by Gasteiger charge is -2.08. The fourth-order valence-corrected chi connectivity index (χ4v) is 2.22. The molecular weight excluding hydrogens is 238 g/mol. The Morgan fingerprint density at radius 1 is 1.16 bits per heavy atom. The first kappa shape index (κ1) is 11.5. The molecule has 0 saturated carbocycles. The largest absolute Gasteiger partial charge is 0.364 e. The zero-order valence-electron chi connectivity index (χ0n) is 10.3. The molecule has 0 radical (unpaired) electrons. The molecule has 94 valence electrons. The van der Waals surface area contributed by atoms with Gasteiger partial charge in [-0.2, -0.15) is 0 Å². The van der Waals surface area contributed by atoms with Gasteiger partial charge in [0.15, 0.2) is 0 Å². The molecule has 1 aromatic carbocycles. The van der Waals surface area contributed by atoms with Crippen molar-refractivity contribution in [2.45, 2.75) is 6.54 Å². The maximum absolute atomic E-state index is 11.6. The van der Waals surface area contributed by atoms with Crippen molar-refractivity contribution in [2.75, 3.05) is 0 Å². The molecule has 2 N–H and O–H groups in total. The van der Waals surface area contributed by atoms with Gasteiger partial charge in [-0.05, 0) is 23.8 Å². The van der Waals surface area contributed by atoms with Crippen LogP contribution in [0.2, 0.25) is 0 Å². The van der Waals surface area contributed by atoms with Crippen LogP contribution in [0.4, 0.5) is 0 Å². The zero-order chi connectivity index (χ0) is 13.2. The summed E-state index contributed by atoms with van der Waals surface area (Å²) < 4.78 is 1.85. The molecule has 4 nitrogen and oxygen atoms in total. The summed E-state index contributed by atoms with van der Waals surface area (Å²) in [4.78, 5) is 15.9. The topological polar surface area (TPSA) is 60.9 Å². The van der Waals surface area contributed by atoms with Crippen LogP contribution in [0.25, 0.3) is 11.0 Å². The van der Waals surface area contributed by atoms with Gasteiger partial charge in [0.1, 0.15) is 11.3 Å². The lowest BCUT2D eigenvalue weighted by molar-refractivity contribution is 0.0992. The minimum absolute atomic E-state index is 0.436. The number of hydrogen-bond acceptors (Lipinski definition) is 2. The van der Waals surface area contributed by atoms with E-state index in [9.17, 15) is 4.79 Å². The van der Waals surface area contributed by atoms with Gasteiger partial charge in [0.25, 0.3) is 5.91 Å². The fourth-order valence-electron chi connectivity index (χ4n) is 2.22. The molecule has 2 aromatic heterocycles. The molecule has 0 spiro atoms. The minimum Gasteiger partial charge on any atom is -0.364 e. The van der Waals surface area contributed by atoms with Crippen LogP contribution in [0.1, 0.15) is 16.1 Å². The normalized spacial score (nSPS) is 10.7. The lowest BCUT2D eigenvalue weighted by atomic mass is 10.2. The van der Waals surface area contributed by atoms with Crippen LogP contribution in [0.15, 0.2) is 54.7 Å². The van der Waals surface area contributed by atoms with Gasteiger partial charge in [0.05, 0.1) is 0 Å². The number of nitrogens with two attached hydrogens (primary N) is 1. The quantitative estimate of drug-likeness (QED) is 0.775. The highest BCUT2D eigenvalue weighted by Crippen LogP contribution is 2.19. The number of nitrogens with zero attached hydrogens (tertiary/aromatic N) is 2. The predicted molar refractivity (Wildman–Crippen MR) is 73.8 cm³/mol. The number of aromatic nitrogens is 2. The highest BCUT2D eigenvalue weighted by Gasteiger charge is 2.13. The maximum Gasteiger partial charge on any atom is 0.265 e. The Kier molecular flexibility index (Phi) is 2.76. The van der Waals surface area contributed by atoms with Crippen molar-refractivity contribution in [3.8, 4) is 0 Å². The highest BCUT2D eigenvalue weighted by molar-refractivity contribution is 5.96. The Hall–Kier alpha value is -2.62. The number of rotatable bonds is 3. The summed E-state index contributed by atoms with van der Waals surface area (Å²) in [5.41, 5.74) is 7.81. The molecule has 0 saturated heterocycles. The zero-order valence-corrected chi connectivity index (χ0v) is 10.3. The molecule has 0 atom stereocenters. The van der Waals surface area contributed by atoms with Crippen LogP contribution >= 0.6 is 0 Å². The Labute approximate surface area is 110 Å². The van der Waals surface area contributed by atoms with Gasteiger partial charge in [-0.25, -0.2) is 4.98 Å². The van der Waals surface area contributed by atoms with Crippen LogP contribution < -0.4 is 5.73 Å². The predicted octanol–water partition coefficient (Wildman–Crippen LogP) is 2.18. The molecule has 0 aliphatic rings. The molecule has 19 heavy (non-hydrogen) atoms. The molecule has 2 heterocycles. The number of carbonyl (C=O) groups is 1. The average molecular weight is 251 g/mol. The average Bonchev–Trinajstić information content (AvgIpc) is 2.79. The van der Waals surface area contributed by atoms with E-state index in [1.165, 1.54) is 0 Å². The SMILES string of the molecule is NC(=O)c1cc2cccnc2n1Cc1ccccc1. The first-order valence-electron chi connectivity index (χ1n) is 6.03. The van der Waals surface area contributed by atoms with Crippen molar-refractivity contribution in [1.82, 2.24) is 9.55 Å². The molecule has 0 aliphatic carbocycles. The van der Waals surface area contributed by atoms with Gasteiger partial charge in [0.2, 0.25) is 0 Å². The van der Waals surface area contributed by atoms with E-state index in [1.807, 2.05) is 47.0 Å². The Balaban J connectivity index is 2.15. The third kappa shape index (κ3) is 2.08. The van der Waals surface area contributed by atoms with Gasteiger partial charge >= 0.3 is 0 Å². The van der Waals surface area contributed by atoms with E-state index < -0.39 is 5.91 Å². The summed E-state index contributed by atoms with van der Waals surface area (Å²) >= 11 is 0. The first-order valence-corrected chi connectivity index (χ1v) is 6.03. The number of primary amides is 1. The standard InChI is InChI=1S/C15H13N3O/c16-14(19)13-9-12-7-4-8-17-15(12)18(13)10-11-5-2-1-3-6-11/h1-9H,10H2,(H2,16,19). The van der Waals surface area contributed by atoms with E-state index in [2.05, 4.69) is 4.98 Å². The van der Waals surface area contributed by atoms with Crippen LogP contribution in [-0.2, 0) is 6.54 Å². The molecule has 3 aromatic rings. The molecule has 0 fully saturated rings. The molecule has 1 amide bonds. The molecular formula is C15H13N3O. The van der Waals surface area contributed by atoms with Gasteiger partial charge in [0, 0.05) is 18.1 Å². The monoisotopic (exact) mass is 251 g/mol.